The maximum Gasteiger partial charge on any atom is 0.252 e. The molecule has 0 fully saturated rings. The van der Waals surface area contributed by atoms with Crippen LogP contribution in [0.2, 0.25) is 0 Å². The summed E-state index contributed by atoms with van der Waals surface area (Å²) in [5.74, 6) is 1.23. The van der Waals surface area contributed by atoms with E-state index >= 15 is 0 Å². The van der Waals surface area contributed by atoms with E-state index in [-0.39, 0.29) is 5.56 Å². The van der Waals surface area contributed by atoms with Crippen LogP contribution >= 0.6 is 0 Å². The first-order chi connectivity index (χ1) is 11.6. The molecule has 1 aromatic carbocycles. The van der Waals surface area contributed by atoms with Gasteiger partial charge in [-0.05, 0) is 31.4 Å². The van der Waals surface area contributed by atoms with Crippen LogP contribution in [0.5, 0.6) is 0 Å². The molecule has 0 unspecified atom stereocenters. The van der Waals surface area contributed by atoms with Gasteiger partial charge in [0.1, 0.15) is 5.82 Å². The summed E-state index contributed by atoms with van der Waals surface area (Å²) in [7, 11) is 0. The minimum Gasteiger partial charge on any atom is -0.366 e. The van der Waals surface area contributed by atoms with Gasteiger partial charge in [-0.2, -0.15) is 9.78 Å². The molecule has 3 rings (SSSR count). The van der Waals surface area contributed by atoms with E-state index in [9.17, 15) is 4.79 Å². The summed E-state index contributed by atoms with van der Waals surface area (Å²) in [6, 6.07) is 11.7. The SMILES string of the molecule is CCc1cc(=O)[nH]c(-n2nc(C)cc2NCc2ccccc2C)n1. The number of hydrogen-bond donors (Lipinski definition) is 2. The third-order valence-corrected chi connectivity index (χ3v) is 3.90. The lowest BCUT2D eigenvalue weighted by atomic mass is 10.1. The topological polar surface area (TPSA) is 75.6 Å². The number of benzene rings is 1. The monoisotopic (exact) mass is 323 g/mol. The van der Waals surface area contributed by atoms with Gasteiger partial charge >= 0.3 is 0 Å². The highest BCUT2D eigenvalue weighted by molar-refractivity contribution is 5.43. The zero-order valence-corrected chi connectivity index (χ0v) is 14.1. The van der Waals surface area contributed by atoms with Crippen molar-refractivity contribution in [3.63, 3.8) is 0 Å². The molecule has 6 nitrogen and oxygen atoms in total. The van der Waals surface area contributed by atoms with E-state index in [1.165, 1.54) is 17.2 Å². The molecule has 6 heteroatoms. The summed E-state index contributed by atoms with van der Waals surface area (Å²) in [5.41, 5.74) is 3.87. The lowest BCUT2D eigenvalue weighted by molar-refractivity contribution is 0.777. The Balaban J connectivity index is 1.92. The second-order valence-corrected chi connectivity index (χ2v) is 5.78. The average molecular weight is 323 g/mol. The molecule has 124 valence electrons. The van der Waals surface area contributed by atoms with Crippen LogP contribution in [0.3, 0.4) is 0 Å². The van der Waals surface area contributed by atoms with Gasteiger partial charge in [-0.3, -0.25) is 9.78 Å². The summed E-state index contributed by atoms with van der Waals surface area (Å²) in [5, 5.41) is 7.84. The second kappa shape index (κ2) is 6.70. The number of anilines is 1. The third-order valence-electron chi connectivity index (χ3n) is 3.90. The largest absolute Gasteiger partial charge is 0.366 e. The van der Waals surface area contributed by atoms with Crippen LogP contribution in [0.4, 0.5) is 5.82 Å². The fraction of sp³-hybridized carbons (Fsp3) is 0.278. The molecule has 24 heavy (non-hydrogen) atoms. The smallest absolute Gasteiger partial charge is 0.252 e. The Morgan fingerprint density at radius 3 is 2.75 bits per heavy atom. The van der Waals surface area contributed by atoms with E-state index in [0.29, 0.717) is 18.9 Å². The van der Waals surface area contributed by atoms with E-state index < -0.39 is 0 Å². The highest BCUT2D eigenvalue weighted by Crippen LogP contribution is 2.16. The molecule has 0 atom stereocenters. The van der Waals surface area contributed by atoms with Crippen molar-refractivity contribution >= 4 is 5.82 Å². The number of hydrogen-bond acceptors (Lipinski definition) is 4. The predicted molar refractivity (Wildman–Crippen MR) is 94.6 cm³/mol. The molecule has 2 N–H and O–H groups in total. The first kappa shape index (κ1) is 16.0. The number of aromatic amines is 1. The van der Waals surface area contributed by atoms with Gasteiger partial charge in [0.05, 0.1) is 5.69 Å². The van der Waals surface area contributed by atoms with Gasteiger partial charge in [0.25, 0.3) is 5.56 Å². The van der Waals surface area contributed by atoms with Crippen LogP contribution in [0.15, 0.2) is 41.2 Å². The first-order valence-electron chi connectivity index (χ1n) is 8.02. The molecule has 0 saturated heterocycles. The molecule has 2 heterocycles. The van der Waals surface area contributed by atoms with E-state index in [1.54, 1.807) is 4.68 Å². The second-order valence-electron chi connectivity index (χ2n) is 5.78. The lowest BCUT2D eigenvalue weighted by Crippen LogP contribution is -2.16. The highest BCUT2D eigenvalue weighted by atomic mass is 16.1. The quantitative estimate of drug-likeness (QED) is 0.757. The molecule has 0 aliphatic carbocycles. The number of nitrogens with one attached hydrogen (secondary N) is 2. The molecule has 0 saturated carbocycles. The summed E-state index contributed by atoms with van der Waals surface area (Å²) in [6.45, 7) is 6.65. The Labute approximate surface area is 140 Å². The van der Waals surface area contributed by atoms with E-state index in [0.717, 1.165) is 17.2 Å². The lowest BCUT2D eigenvalue weighted by Gasteiger charge is -2.11. The normalized spacial score (nSPS) is 10.8. The summed E-state index contributed by atoms with van der Waals surface area (Å²) >= 11 is 0. The zero-order chi connectivity index (χ0) is 17.1. The number of aromatic nitrogens is 4. The summed E-state index contributed by atoms with van der Waals surface area (Å²) < 4.78 is 1.65. The number of nitrogens with zero attached hydrogens (tertiary/aromatic N) is 3. The molecular formula is C18H21N5O. The van der Waals surface area contributed by atoms with Crippen LogP contribution in [-0.4, -0.2) is 19.7 Å². The van der Waals surface area contributed by atoms with E-state index in [4.69, 9.17) is 0 Å². The Morgan fingerprint density at radius 2 is 2.00 bits per heavy atom. The maximum atomic E-state index is 11.8. The Bertz CT molecular complexity index is 910. The van der Waals surface area contributed by atoms with Crippen molar-refractivity contribution in [3.05, 3.63) is 69.3 Å². The molecule has 0 aliphatic heterocycles. The molecule has 0 amide bonds. The van der Waals surface area contributed by atoms with E-state index in [2.05, 4.69) is 39.4 Å². The molecule has 0 spiro atoms. The Hall–Kier alpha value is -2.89. The van der Waals surface area contributed by atoms with Crippen molar-refractivity contribution in [2.24, 2.45) is 0 Å². The highest BCUT2D eigenvalue weighted by Gasteiger charge is 2.11. The van der Waals surface area contributed by atoms with Crippen molar-refractivity contribution < 1.29 is 0 Å². The van der Waals surface area contributed by atoms with Crippen molar-refractivity contribution in [2.75, 3.05) is 5.32 Å². The van der Waals surface area contributed by atoms with Crippen LogP contribution < -0.4 is 10.9 Å². The van der Waals surface area contributed by atoms with Crippen molar-refractivity contribution in [2.45, 2.75) is 33.7 Å². The average Bonchev–Trinajstić information content (AvgIpc) is 2.94. The number of rotatable bonds is 5. The summed E-state index contributed by atoms with van der Waals surface area (Å²) in [4.78, 5) is 19.1. The Morgan fingerprint density at radius 1 is 1.21 bits per heavy atom. The zero-order valence-electron chi connectivity index (χ0n) is 14.1. The summed E-state index contributed by atoms with van der Waals surface area (Å²) in [6.07, 6.45) is 0.698. The number of H-pyrrole nitrogens is 1. The maximum absolute atomic E-state index is 11.8. The Kier molecular flexibility index (Phi) is 4.46. The van der Waals surface area contributed by atoms with Crippen LogP contribution in [0.1, 0.15) is 29.4 Å². The minimum absolute atomic E-state index is 0.171. The van der Waals surface area contributed by atoms with Gasteiger partial charge in [-0.1, -0.05) is 31.2 Å². The van der Waals surface area contributed by atoms with Gasteiger partial charge < -0.3 is 5.32 Å². The molecule has 0 bridgehead atoms. The molecule has 0 radical (unpaired) electrons. The number of aryl methyl sites for hydroxylation is 3. The third kappa shape index (κ3) is 3.37. The van der Waals surface area contributed by atoms with Crippen LogP contribution in [-0.2, 0) is 13.0 Å². The van der Waals surface area contributed by atoms with Crippen molar-refractivity contribution in [1.82, 2.24) is 19.7 Å². The van der Waals surface area contributed by atoms with Gasteiger partial charge in [-0.15, -0.1) is 0 Å². The minimum atomic E-state index is -0.171. The van der Waals surface area contributed by atoms with Crippen LogP contribution in [0.25, 0.3) is 5.95 Å². The standard InChI is InChI=1S/C18H21N5O/c1-4-15-10-17(24)21-18(20-15)23-16(9-13(3)22-23)19-11-14-8-6-5-7-12(14)2/h5-10,19H,4,11H2,1-3H3,(H,20,21,24). The van der Waals surface area contributed by atoms with E-state index in [1.807, 2.05) is 32.0 Å². The van der Waals surface area contributed by atoms with Gasteiger partial charge in [0.15, 0.2) is 0 Å². The van der Waals surface area contributed by atoms with Gasteiger partial charge in [0.2, 0.25) is 5.95 Å². The predicted octanol–water partition coefficient (Wildman–Crippen LogP) is 2.75. The van der Waals surface area contributed by atoms with Crippen molar-refractivity contribution in [3.8, 4) is 5.95 Å². The van der Waals surface area contributed by atoms with Crippen molar-refractivity contribution in [1.29, 1.82) is 0 Å². The molecule has 3 aromatic rings. The van der Waals surface area contributed by atoms with Gasteiger partial charge in [-0.25, -0.2) is 4.98 Å². The first-order valence-corrected chi connectivity index (χ1v) is 8.02. The van der Waals surface area contributed by atoms with Crippen LogP contribution in [0, 0.1) is 13.8 Å². The fourth-order valence-corrected chi connectivity index (χ4v) is 2.56. The molecule has 0 aliphatic rings. The fourth-order valence-electron chi connectivity index (χ4n) is 2.56. The van der Waals surface area contributed by atoms with Gasteiger partial charge in [0, 0.05) is 24.4 Å². The molecular weight excluding hydrogens is 302 g/mol. The molecule has 2 aromatic heterocycles.